The molecule has 3 aliphatic heterocycles. The summed E-state index contributed by atoms with van der Waals surface area (Å²) in [5.41, 5.74) is 3.15. The minimum Gasteiger partial charge on any atom is -0.493 e. The highest BCUT2D eigenvalue weighted by Crippen LogP contribution is 2.36. The van der Waals surface area contributed by atoms with Gasteiger partial charge in [0.25, 0.3) is 0 Å². The number of benzene rings is 1. The van der Waals surface area contributed by atoms with Gasteiger partial charge in [-0.05, 0) is 48.8 Å². The Hall–Kier alpha value is -2.81. The maximum atomic E-state index is 13.1. The van der Waals surface area contributed by atoms with Gasteiger partial charge >= 0.3 is 12.0 Å². The van der Waals surface area contributed by atoms with Gasteiger partial charge < -0.3 is 29.1 Å². The summed E-state index contributed by atoms with van der Waals surface area (Å²) in [5.74, 6) is 0.583. The molecular formula is C24H33N3O6. The molecule has 0 saturated carbocycles. The number of rotatable bonds is 6. The lowest BCUT2D eigenvalue weighted by molar-refractivity contribution is -0.139. The molecule has 3 aliphatic rings. The number of fused-ring (bicyclic) bond motifs is 1. The number of carbonyl (C=O) groups excluding carboxylic acids is 1. The van der Waals surface area contributed by atoms with E-state index in [1.807, 2.05) is 21.9 Å². The van der Waals surface area contributed by atoms with E-state index in [0.29, 0.717) is 70.3 Å². The summed E-state index contributed by atoms with van der Waals surface area (Å²) in [7, 11) is 3.24. The molecular weight excluding hydrogens is 426 g/mol. The third-order valence-corrected chi connectivity index (χ3v) is 6.94. The lowest BCUT2D eigenvalue weighted by atomic mass is 9.78. The van der Waals surface area contributed by atoms with Gasteiger partial charge in [-0.15, -0.1) is 0 Å². The second kappa shape index (κ2) is 10.4. The standard InChI is InChI=1S/C24H33N3O6/c1-31-21-12-17-3-5-25-20(19(17)14-22(21)32-2)11-18-15-27(6-4-16(18)13-23(28)29)24(30)26-7-9-33-10-8-26/h12,14,16,18H,3-11,13,15H2,1-2H3,(H,28,29). The van der Waals surface area contributed by atoms with E-state index in [4.69, 9.17) is 19.2 Å². The van der Waals surface area contributed by atoms with E-state index < -0.39 is 5.97 Å². The quantitative estimate of drug-likeness (QED) is 0.701. The van der Waals surface area contributed by atoms with Crippen LogP contribution in [0.15, 0.2) is 17.1 Å². The Morgan fingerprint density at radius 3 is 2.52 bits per heavy atom. The molecule has 1 N–H and O–H groups in total. The summed E-state index contributed by atoms with van der Waals surface area (Å²) in [6.07, 6.45) is 2.24. The third kappa shape index (κ3) is 5.24. The number of nitrogens with zero attached hydrogens (tertiary/aromatic N) is 3. The maximum absolute atomic E-state index is 13.1. The van der Waals surface area contributed by atoms with Crippen LogP contribution in [0, 0.1) is 11.8 Å². The molecule has 0 spiro atoms. The van der Waals surface area contributed by atoms with Crippen LogP contribution in [0.2, 0.25) is 0 Å². The van der Waals surface area contributed by atoms with Crippen molar-refractivity contribution in [2.24, 2.45) is 16.8 Å². The summed E-state index contributed by atoms with van der Waals surface area (Å²) < 4.78 is 16.3. The first-order chi connectivity index (χ1) is 16.0. The summed E-state index contributed by atoms with van der Waals surface area (Å²) in [4.78, 5) is 33.2. The molecule has 180 valence electrons. The zero-order valence-corrected chi connectivity index (χ0v) is 19.4. The van der Waals surface area contributed by atoms with E-state index >= 15 is 0 Å². The molecule has 4 rings (SSSR count). The molecule has 9 nitrogen and oxygen atoms in total. The van der Waals surface area contributed by atoms with Crippen LogP contribution in [0.5, 0.6) is 11.5 Å². The third-order valence-electron chi connectivity index (χ3n) is 6.94. The topological polar surface area (TPSA) is 101 Å². The van der Waals surface area contributed by atoms with Gasteiger partial charge in [-0.25, -0.2) is 4.79 Å². The van der Waals surface area contributed by atoms with Crippen LogP contribution in [0.3, 0.4) is 0 Å². The van der Waals surface area contributed by atoms with Gasteiger partial charge in [0.05, 0.1) is 27.4 Å². The molecule has 0 aliphatic carbocycles. The predicted molar refractivity (Wildman–Crippen MR) is 122 cm³/mol. The lowest BCUT2D eigenvalue weighted by Gasteiger charge is -2.41. The molecule has 2 fully saturated rings. The highest BCUT2D eigenvalue weighted by molar-refractivity contribution is 6.03. The summed E-state index contributed by atoms with van der Waals surface area (Å²) in [6.45, 7) is 4.12. The highest BCUT2D eigenvalue weighted by atomic mass is 16.5. The summed E-state index contributed by atoms with van der Waals surface area (Å²) in [5, 5.41) is 9.49. The zero-order valence-electron chi connectivity index (χ0n) is 19.4. The number of morpholine rings is 1. The van der Waals surface area contributed by atoms with E-state index in [1.54, 1.807) is 14.2 Å². The fraction of sp³-hybridized carbons (Fsp3) is 0.625. The van der Waals surface area contributed by atoms with E-state index in [0.717, 1.165) is 23.3 Å². The summed E-state index contributed by atoms with van der Waals surface area (Å²) in [6, 6.07) is 4.00. The number of aliphatic imine (C=N–C) groups is 1. The molecule has 33 heavy (non-hydrogen) atoms. The summed E-state index contributed by atoms with van der Waals surface area (Å²) >= 11 is 0. The van der Waals surface area contributed by atoms with Crippen LogP contribution in [-0.2, 0) is 16.0 Å². The van der Waals surface area contributed by atoms with Gasteiger partial charge in [-0.3, -0.25) is 9.79 Å². The number of ether oxygens (including phenoxy) is 3. The molecule has 1 aromatic carbocycles. The number of aliphatic carboxylic acids is 1. The molecule has 2 amide bonds. The van der Waals surface area contributed by atoms with Gasteiger partial charge in [0.15, 0.2) is 11.5 Å². The van der Waals surface area contributed by atoms with Crippen molar-refractivity contribution < 1.29 is 28.9 Å². The Morgan fingerprint density at radius 1 is 1.09 bits per heavy atom. The maximum Gasteiger partial charge on any atom is 0.320 e. The molecule has 3 heterocycles. The van der Waals surface area contributed by atoms with Gasteiger partial charge in [0.2, 0.25) is 0 Å². The number of urea groups is 1. The van der Waals surface area contributed by atoms with Crippen molar-refractivity contribution in [3.8, 4) is 11.5 Å². The minimum absolute atomic E-state index is 0.00413. The first-order valence-electron chi connectivity index (χ1n) is 11.6. The second-order valence-corrected chi connectivity index (χ2v) is 8.88. The van der Waals surface area contributed by atoms with Crippen LogP contribution in [0.4, 0.5) is 4.79 Å². The van der Waals surface area contributed by atoms with Crippen LogP contribution in [-0.4, -0.2) is 92.8 Å². The van der Waals surface area contributed by atoms with E-state index in [2.05, 4.69) is 0 Å². The lowest BCUT2D eigenvalue weighted by Crippen LogP contribution is -2.52. The van der Waals surface area contributed by atoms with Crippen LogP contribution in [0.1, 0.15) is 30.4 Å². The Balaban J connectivity index is 1.55. The molecule has 2 saturated heterocycles. The zero-order chi connectivity index (χ0) is 23.4. The second-order valence-electron chi connectivity index (χ2n) is 8.88. The Kier molecular flexibility index (Phi) is 7.37. The number of methoxy groups -OCH3 is 2. The number of amides is 2. The van der Waals surface area contributed by atoms with Gasteiger partial charge in [0, 0.05) is 50.4 Å². The Bertz CT molecular complexity index is 912. The average Bonchev–Trinajstić information content (AvgIpc) is 2.84. The molecule has 9 heteroatoms. The number of hydrogen-bond acceptors (Lipinski definition) is 6. The number of carboxylic acid groups (broad SMARTS) is 1. The minimum atomic E-state index is -0.796. The number of carbonyl (C=O) groups is 2. The van der Waals surface area contributed by atoms with Crippen molar-refractivity contribution in [1.82, 2.24) is 9.80 Å². The number of hydrogen-bond donors (Lipinski definition) is 1. The van der Waals surface area contributed by atoms with E-state index in [-0.39, 0.29) is 24.3 Å². The first kappa shape index (κ1) is 23.4. The predicted octanol–water partition coefficient (Wildman–Crippen LogP) is 2.30. The fourth-order valence-electron chi connectivity index (χ4n) is 5.15. The van der Waals surface area contributed by atoms with Crippen LogP contribution in [0.25, 0.3) is 0 Å². The van der Waals surface area contributed by atoms with Crippen molar-refractivity contribution in [2.75, 3.05) is 60.2 Å². The largest absolute Gasteiger partial charge is 0.493 e. The van der Waals surface area contributed by atoms with Crippen molar-refractivity contribution in [3.63, 3.8) is 0 Å². The van der Waals surface area contributed by atoms with Crippen LogP contribution >= 0.6 is 0 Å². The number of piperidine rings is 1. The van der Waals surface area contributed by atoms with Crippen molar-refractivity contribution >= 4 is 17.7 Å². The van der Waals surface area contributed by atoms with Crippen molar-refractivity contribution in [1.29, 1.82) is 0 Å². The molecule has 2 atom stereocenters. The van der Waals surface area contributed by atoms with Gasteiger partial charge in [-0.1, -0.05) is 0 Å². The normalized spacial score (nSPS) is 22.9. The van der Waals surface area contributed by atoms with Gasteiger partial charge in [-0.2, -0.15) is 0 Å². The van der Waals surface area contributed by atoms with E-state index in [9.17, 15) is 14.7 Å². The average molecular weight is 460 g/mol. The first-order valence-corrected chi connectivity index (χ1v) is 11.6. The smallest absolute Gasteiger partial charge is 0.320 e. The van der Waals surface area contributed by atoms with Gasteiger partial charge in [0.1, 0.15) is 0 Å². The Morgan fingerprint density at radius 2 is 1.82 bits per heavy atom. The molecule has 0 aromatic heterocycles. The number of carboxylic acids is 1. The van der Waals surface area contributed by atoms with Crippen molar-refractivity contribution in [2.45, 2.75) is 25.7 Å². The SMILES string of the molecule is COc1cc2c(cc1OC)C(CC1CN(C(=O)N3CCOCC3)CCC1CC(=O)O)=NCC2. The monoisotopic (exact) mass is 459 g/mol. The fourth-order valence-corrected chi connectivity index (χ4v) is 5.15. The molecule has 0 radical (unpaired) electrons. The number of likely N-dealkylation sites (tertiary alicyclic amines) is 1. The molecule has 0 bridgehead atoms. The highest BCUT2D eigenvalue weighted by Gasteiger charge is 2.36. The molecule has 2 unspecified atom stereocenters. The molecule has 1 aromatic rings. The van der Waals surface area contributed by atoms with E-state index in [1.165, 1.54) is 0 Å². The van der Waals surface area contributed by atoms with Crippen molar-refractivity contribution in [3.05, 3.63) is 23.3 Å². The van der Waals surface area contributed by atoms with Crippen LogP contribution < -0.4 is 9.47 Å². The Labute approximate surface area is 194 Å².